The summed E-state index contributed by atoms with van der Waals surface area (Å²) in [6, 6.07) is 12.6. The fourth-order valence-corrected chi connectivity index (χ4v) is 2.51. The molecule has 23 heavy (non-hydrogen) atoms. The number of aromatic nitrogens is 2. The van der Waals surface area contributed by atoms with Crippen LogP contribution in [0.5, 0.6) is 5.75 Å². The second kappa shape index (κ2) is 6.79. The van der Waals surface area contributed by atoms with E-state index in [-0.39, 0.29) is 0 Å². The van der Waals surface area contributed by atoms with Crippen molar-refractivity contribution in [1.29, 1.82) is 0 Å². The largest absolute Gasteiger partial charge is 0.479 e. The molecule has 118 valence electrons. The molecule has 1 atom stereocenters. The van der Waals surface area contributed by atoms with Crippen molar-refractivity contribution >= 4 is 34.8 Å². The van der Waals surface area contributed by atoms with Crippen LogP contribution in [0.25, 0.3) is 11.5 Å². The molecule has 0 spiro atoms. The molecule has 0 aliphatic heterocycles. The molecule has 0 unspecified atom stereocenters. The van der Waals surface area contributed by atoms with Gasteiger partial charge < -0.3 is 9.15 Å². The second-order valence-electron chi connectivity index (χ2n) is 4.77. The van der Waals surface area contributed by atoms with Crippen LogP contribution in [0.4, 0.5) is 0 Å². The number of benzene rings is 2. The summed E-state index contributed by atoms with van der Waals surface area (Å²) in [6.07, 6.45) is -0.491. The topological polar surface area (TPSA) is 48.2 Å². The highest BCUT2D eigenvalue weighted by atomic mass is 35.5. The van der Waals surface area contributed by atoms with Crippen molar-refractivity contribution in [2.45, 2.75) is 13.0 Å². The Kier molecular flexibility index (Phi) is 4.76. The van der Waals surface area contributed by atoms with Gasteiger partial charge in [-0.25, -0.2) is 0 Å². The van der Waals surface area contributed by atoms with Crippen LogP contribution in [0.2, 0.25) is 15.1 Å². The summed E-state index contributed by atoms with van der Waals surface area (Å²) in [5.74, 6) is 1.16. The molecule has 4 nitrogen and oxygen atoms in total. The van der Waals surface area contributed by atoms with E-state index in [1.165, 1.54) is 6.07 Å². The SMILES string of the molecule is C[C@@H](Oc1cc(Cl)c(Cl)cc1Cl)c1nnc(-c2ccccc2)o1. The predicted molar refractivity (Wildman–Crippen MR) is 90.2 cm³/mol. The summed E-state index contributed by atoms with van der Waals surface area (Å²) in [5, 5.41) is 9.11. The molecule has 0 aliphatic rings. The van der Waals surface area contributed by atoms with Crippen LogP contribution in [-0.4, -0.2) is 10.2 Å². The van der Waals surface area contributed by atoms with Gasteiger partial charge in [0.25, 0.3) is 5.89 Å². The molecule has 0 aliphatic carbocycles. The third-order valence-corrected chi connectivity index (χ3v) is 4.11. The van der Waals surface area contributed by atoms with Crippen LogP contribution in [0.1, 0.15) is 18.9 Å². The smallest absolute Gasteiger partial charge is 0.257 e. The van der Waals surface area contributed by atoms with Crippen molar-refractivity contribution in [3.05, 3.63) is 63.4 Å². The third-order valence-electron chi connectivity index (χ3n) is 3.09. The first-order valence-electron chi connectivity index (χ1n) is 6.74. The minimum atomic E-state index is -0.491. The Balaban J connectivity index is 1.81. The van der Waals surface area contributed by atoms with Gasteiger partial charge in [0, 0.05) is 11.6 Å². The monoisotopic (exact) mass is 368 g/mol. The normalized spacial score (nSPS) is 12.2. The Bertz CT molecular complexity index is 821. The maximum atomic E-state index is 6.10. The molecule has 7 heteroatoms. The van der Waals surface area contributed by atoms with Gasteiger partial charge in [0.2, 0.25) is 5.89 Å². The standard InChI is InChI=1S/C16H11Cl3N2O2/c1-9(22-14-8-12(18)11(17)7-13(14)19)15-20-21-16(23-15)10-5-3-2-4-6-10/h2-9H,1H3/t9-/m1/s1. The minimum absolute atomic E-state index is 0.339. The van der Waals surface area contributed by atoms with Crippen molar-refractivity contribution in [2.24, 2.45) is 0 Å². The summed E-state index contributed by atoms with van der Waals surface area (Å²) < 4.78 is 11.4. The van der Waals surface area contributed by atoms with Crippen LogP contribution in [-0.2, 0) is 0 Å². The third kappa shape index (κ3) is 3.61. The average molecular weight is 370 g/mol. The summed E-state index contributed by atoms with van der Waals surface area (Å²) in [7, 11) is 0. The molecule has 1 aromatic heterocycles. The Morgan fingerprint density at radius 3 is 2.39 bits per heavy atom. The molecule has 3 aromatic rings. The lowest BCUT2D eigenvalue weighted by Crippen LogP contribution is -2.04. The van der Waals surface area contributed by atoms with Gasteiger partial charge in [-0.15, -0.1) is 10.2 Å². The van der Waals surface area contributed by atoms with E-state index in [2.05, 4.69) is 10.2 Å². The van der Waals surface area contributed by atoms with Gasteiger partial charge in [0.1, 0.15) is 5.75 Å². The molecule has 3 rings (SSSR count). The zero-order chi connectivity index (χ0) is 16.4. The fraction of sp³-hybridized carbons (Fsp3) is 0.125. The number of ether oxygens (including phenoxy) is 1. The quantitative estimate of drug-likeness (QED) is 0.542. The molecule has 0 saturated heterocycles. The fourth-order valence-electron chi connectivity index (χ4n) is 1.93. The highest BCUT2D eigenvalue weighted by molar-refractivity contribution is 6.43. The number of hydrogen-bond acceptors (Lipinski definition) is 4. The van der Waals surface area contributed by atoms with Crippen molar-refractivity contribution in [1.82, 2.24) is 10.2 Å². The number of rotatable bonds is 4. The summed E-state index contributed by atoms with van der Waals surface area (Å²) in [4.78, 5) is 0. The zero-order valence-electron chi connectivity index (χ0n) is 12.0. The van der Waals surface area contributed by atoms with Gasteiger partial charge in [0.15, 0.2) is 6.10 Å². The lowest BCUT2D eigenvalue weighted by atomic mass is 10.2. The van der Waals surface area contributed by atoms with Gasteiger partial charge >= 0.3 is 0 Å². The van der Waals surface area contributed by atoms with E-state index < -0.39 is 6.10 Å². The number of halogens is 3. The summed E-state index contributed by atoms with van der Waals surface area (Å²) >= 11 is 18.0. The molecule has 0 fully saturated rings. The summed E-state index contributed by atoms with van der Waals surface area (Å²) in [5.41, 5.74) is 0.839. The van der Waals surface area contributed by atoms with Gasteiger partial charge in [-0.1, -0.05) is 53.0 Å². The zero-order valence-corrected chi connectivity index (χ0v) is 14.2. The maximum Gasteiger partial charge on any atom is 0.257 e. The van der Waals surface area contributed by atoms with Crippen LogP contribution in [0, 0.1) is 0 Å². The van der Waals surface area contributed by atoms with Gasteiger partial charge in [-0.3, -0.25) is 0 Å². The van der Waals surface area contributed by atoms with E-state index in [9.17, 15) is 0 Å². The first-order valence-corrected chi connectivity index (χ1v) is 7.88. The maximum absolute atomic E-state index is 6.10. The molecule has 0 amide bonds. The highest BCUT2D eigenvalue weighted by Crippen LogP contribution is 2.36. The molecular formula is C16H11Cl3N2O2. The lowest BCUT2D eigenvalue weighted by Gasteiger charge is -2.13. The van der Waals surface area contributed by atoms with Crippen LogP contribution < -0.4 is 4.74 Å². The minimum Gasteiger partial charge on any atom is -0.479 e. The number of hydrogen-bond donors (Lipinski definition) is 0. The second-order valence-corrected chi connectivity index (χ2v) is 5.99. The molecular weight excluding hydrogens is 359 g/mol. The van der Waals surface area contributed by atoms with Crippen LogP contribution in [0.15, 0.2) is 46.9 Å². The average Bonchev–Trinajstić information content (AvgIpc) is 3.03. The molecule has 0 radical (unpaired) electrons. The van der Waals surface area contributed by atoms with E-state index in [0.29, 0.717) is 32.6 Å². The van der Waals surface area contributed by atoms with Crippen molar-refractivity contribution in [3.8, 4) is 17.2 Å². The number of nitrogens with zero attached hydrogens (tertiary/aromatic N) is 2. The molecule has 1 heterocycles. The van der Waals surface area contributed by atoms with Crippen LogP contribution >= 0.6 is 34.8 Å². The van der Waals surface area contributed by atoms with Gasteiger partial charge in [-0.2, -0.15) is 0 Å². The predicted octanol–water partition coefficient (Wildman–Crippen LogP) is 5.84. The van der Waals surface area contributed by atoms with E-state index in [4.69, 9.17) is 44.0 Å². The van der Waals surface area contributed by atoms with Gasteiger partial charge in [0.05, 0.1) is 15.1 Å². The first kappa shape index (κ1) is 16.1. The van der Waals surface area contributed by atoms with Crippen molar-refractivity contribution < 1.29 is 9.15 Å². The van der Waals surface area contributed by atoms with Crippen molar-refractivity contribution in [2.75, 3.05) is 0 Å². The van der Waals surface area contributed by atoms with Crippen LogP contribution in [0.3, 0.4) is 0 Å². The first-order chi connectivity index (χ1) is 11.0. The Hall–Kier alpha value is -1.75. The molecule has 0 bridgehead atoms. The van der Waals surface area contributed by atoms with E-state index in [1.54, 1.807) is 13.0 Å². The lowest BCUT2D eigenvalue weighted by molar-refractivity contribution is 0.190. The van der Waals surface area contributed by atoms with E-state index in [0.717, 1.165) is 5.56 Å². The molecule has 2 aromatic carbocycles. The van der Waals surface area contributed by atoms with E-state index in [1.807, 2.05) is 30.3 Å². The Morgan fingerprint density at radius 1 is 0.957 bits per heavy atom. The Labute approximate surface area is 148 Å². The van der Waals surface area contributed by atoms with E-state index >= 15 is 0 Å². The molecule has 0 saturated carbocycles. The van der Waals surface area contributed by atoms with Gasteiger partial charge in [-0.05, 0) is 25.1 Å². The highest BCUT2D eigenvalue weighted by Gasteiger charge is 2.18. The Morgan fingerprint density at radius 2 is 1.65 bits per heavy atom. The summed E-state index contributed by atoms with van der Waals surface area (Å²) in [6.45, 7) is 1.78. The molecule has 0 N–H and O–H groups in total. The van der Waals surface area contributed by atoms with Crippen molar-refractivity contribution in [3.63, 3.8) is 0 Å².